The fourth-order valence-electron chi connectivity index (χ4n) is 4.20. The highest BCUT2D eigenvalue weighted by molar-refractivity contribution is 5.93. The predicted octanol–water partition coefficient (Wildman–Crippen LogP) is 2.65. The molecular formula is C23H30N6O. The van der Waals surface area contributed by atoms with Crippen LogP contribution in [-0.4, -0.2) is 63.2 Å². The third-order valence-electron chi connectivity index (χ3n) is 5.90. The van der Waals surface area contributed by atoms with E-state index in [-0.39, 0.29) is 5.91 Å². The van der Waals surface area contributed by atoms with Gasteiger partial charge in [0.25, 0.3) is 0 Å². The predicted molar refractivity (Wildman–Crippen MR) is 120 cm³/mol. The minimum Gasteiger partial charge on any atom is -0.324 e. The third kappa shape index (κ3) is 4.37. The number of hydrogen-bond acceptors (Lipinski definition) is 5. The Bertz CT molecular complexity index is 1040. The van der Waals surface area contributed by atoms with E-state index in [4.69, 9.17) is 0 Å². The molecule has 30 heavy (non-hydrogen) atoms. The monoisotopic (exact) mass is 406 g/mol. The molecule has 1 aromatic carbocycles. The van der Waals surface area contributed by atoms with Crippen LogP contribution in [0.5, 0.6) is 0 Å². The number of anilines is 1. The van der Waals surface area contributed by atoms with Gasteiger partial charge in [0, 0.05) is 57.0 Å². The largest absolute Gasteiger partial charge is 0.324 e. The van der Waals surface area contributed by atoms with Gasteiger partial charge in [0.2, 0.25) is 5.91 Å². The number of rotatable bonds is 5. The fourth-order valence-corrected chi connectivity index (χ4v) is 4.20. The van der Waals surface area contributed by atoms with Crippen molar-refractivity contribution in [2.24, 2.45) is 7.05 Å². The van der Waals surface area contributed by atoms with E-state index in [0.717, 1.165) is 66.3 Å². The topological polar surface area (TPSA) is 66.3 Å². The number of nitrogens with zero attached hydrogens (tertiary/aromatic N) is 5. The van der Waals surface area contributed by atoms with Crippen molar-refractivity contribution in [3.63, 3.8) is 0 Å². The van der Waals surface area contributed by atoms with Gasteiger partial charge in [-0.1, -0.05) is 18.2 Å². The van der Waals surface area contributed by atoms with E-state index < -0.39 is 0 Å². The van der Waals surface area contributed by atoms with E-state index in [9.17, 15) is 4.79 Å². The number of fused-ring (bicyclic) bond motifs is 1. The molecule has 1 saturated heterocycles. The lowest BCUT2D eigenvalue weighted by Crippen LogP contribution is -2.48. The number of piperazine rings is 1. The molecule has 1 aliphatic rings. The Hall–Kier alpha value is -2.77. The van der Waals surface area contributed by atoms with Gasteiger partial charge in [0.1, 0.15) is 0 Å². The summed E-state index contributed by atoms with van der Waals surface area (Å²) >= 11 is 0. The fraction of sp³-hybridized carbons (Fsp3) is 0.435. The number of pyridine rings is 1. The highest BCUT2D eigenvalue weighted by Gasteiger charge is 2.20. The Balaban J connectivity index is 1.30. The van der Waals surface area contributed by atoms with Gasteiger partial charge in [-0.3, -0.25) is 19.3 Å². The molecule has 3 aromatic rings. The number of carbonyl (C=O) groups is 1. The summed E-state index contributed by atoms with van der Waals surface area (Å²) in [6.07, 6.45) is 1.95. The molecule has 7 nitrogen and oxygen atoms in total. The summed E-state index contributed by atoms with van der Waals surface area (Å²) in [5.41, 5.74) is 6.29. The van der Waals surface area contributed by atoms with Crippen molar-refractivity contribution >= 4 is 22.6 Å². The number of carbonyl (C=O) groups excluding carboxylic acids is 1. The number of aryl methyl sites for hydroxylation is 4. The Morgan fingerprint density at radius 3 is 2.43 bits per heavy atom. The molecule has 3 heterocycles. The molecule has 1 N–H and O–H groups in total. The highest BCUT2D eigenvalue weighted by Crippen LogP contribution is 2.20. The average Bonchev–Trinajstić information content (AvgIpc) is 3.00. The van der Waals surface area contributed by atoms with Gasteiger partial charge in [-0.25, -0.2) is 4.98 Å². The summed E-state index contributed by atoms with van der Waals surface area (Å²) in [4.78, 5) is 21.8. The minimum absolute atomic E-state index is 0.0579. The molecule has 0 spiro atoms. The molecule has 1 fully saturated rings. The quantitative estimate of drug-likeness (QED) is 0.706. The summed E-state index contributed by atoms with van der Waals surface area (Å²) in [6, 6.07) is 8.28. The Morgan fingerprint density at radius 2 is 1.73 bits per heavy atom. The second-order valence-electron chi connectivity index (χ2n) is 8.29. The zero-order valence-corrected chi connectivity index (χ0v) is 18.3. The molecule has 7 heteroatoms. The van der Waals surface area contributed by atoms with Crippen LogP contribution < -0.4 is 5.32 Å². The van der Waals surface area contributed by atoms with Crippen LogP contribution in [0.1, 0.15) is 22.4 Å². The second-order valence-corrected chi connectivity index (χ2v) is 8.29. The van der Waals surface area contributed by atoms with E-state index in [1.807, 2.05) is 56.9 Å². The van der Waals surface area contributed by atoms with Crippen LogP contribution in [0.25, 0.3) is 11.0 Å². The Morgan fingerprint density at radius 1 is 1.07 bits per heavy atom. The number of benzene rings is 1. The molecule has 0 saturated carbocycles. The molecule has 158 valence electrons. The van der Waals surface area contributed by atoms with Gasteiger partial charge in [0.05, 0.1) is 12.2 Å². The van der Waals surface area contributed by atoms with Crippen LogP contribution >= 0.6 is 0 Å². The normalized spacial score (nSPS) is 15.6. The highest BCUT2D eigenvalue weighted by atomic mass is 16.2. The van der Waals surface area contributed by atoms with Crippen molar-refractivity contribution in [1.82, 2.24) is 24.6 Å². The van der Waals surface area contributed by atoms with Crippen molar-refractivity contribution in [3.8, 4) is 0 Å². The van der Waals surface area contributed by atoms with E-state index in [1.165, 1.54) is 5.56 Å². The van der Waals surface area contributed by atoms with Crippen LogP contribution in [0.15, 0.2) is 30.5 Å². The number of aromatic nitrogens is 3. The first kappa shape index (κ1) is 20.5. The molecule has 0 aliphatic carbocycles. The minimum atomic E-state index is 0.0579. The number of para-hydroxylation sites is 1. The molecule has 0 radical (unpaired) electrons. The molecule has 0 unspecified atom stereocenters. The lowest BCUT2D eigenvalue weighted by Gasteiger charge is -2.34. The number of hydrogen-bond donors (Lipinski definition) is 1. The van der Waals surface area contributed by atoms with Crippen molar-refractivity contribution in [1.29, 1.82) is 0 Å². The molecule has 0 bridgehead atoms. The van der Waals surface area contributed by atoms with Crippen LogP contribution in [-0.2, 0) is 18.4 Å². The van der Waals surface area contributed by atoms with Crippen LogP contribution in [0, 0.1) is 20.8 Å². The van der Waals surface area contributed by atoms with Gasteiger partial charge >= 0.3 is 0 Å². The van der Waals surface area contributed by atoms with E-state index in [2.05, 4.69) is 31.3 Å². The van der Waals surface area contributed by atoms with E-state index >= 15 is 0 Å². The van der Waals surface area contributed by atoms with Gasteiger partial charge in [0.15, 0.2) is 5.65 Å². The lowest BCUT2D eigenvalue weighted by atomic mass is 10.1. The van der Waals surface area contributed by atoms with Crippen molar-refractivity contribution < 1.29 is 4.79 Å². The van der Waals surface area contributed by atoms with Gasteiger partial charge in [-0.05, 0) is 43.5 Å². The van der Waals surface area contributed by atoms with Crippen LogP contribution in [0.2, 0.25) is 0 Å². The maximum Gasteiger partial charge on any atom is 0.238 e. The summed E-state index contributed by atoms with van der Waals surface area (Å²) in [5, 5.41) is 8.67. The standard InChI is InChI=1S/C23H30N6O/c1-16-6-5-7-17(2)22(16)25-21(30)15-29-10-8-28(9-11-29)14-19-12-20-18(3)26-27(4)23(20)24-13-19/h5-7,12-13H,8-11,14-15H2,1-4H3,(H,25,30). The van der Waals surface area contributed by atoms with Gasteiger partial charge in [-0.15, -0.1) is 0 Å². The summed E-state index contributed by atoms with van der Waals surface area (Å²) in [5.74, 6) is 0.0579. The summed E-state index contributed by atoms with van der Waals surface area (Å²) in [7, 11) is 1.93. The SMILES string of the molecule is Cc1cccc(C)c1NC(=O)CN1CCN(Cc2cnc3c(c2)c(C)nn3C)CC1. The third-order valence-corrected chi connectivity index (χ3v) is 5.90. The average molecular weight is 407 g/mol. The van der Waals surface area contributed by atoms with Gasteiger partial charge < -0.3 is 5.32 Å². The molecule has 1 aliphatic heterocycles. The Labute approximate surface area is 177 Å². The van der Waals surface area contributed by atoms with E-state index in [0.29, 0.717) is 6.54 Å². The van der Waals surface area contributed by atoms with E-state index in [1.54, 1.807) is 0 Å². The molecule has 1 amide bonds. The van der Waals surface area contributed by atoms with Crippen molar-refractivity contribution in [3.05, 3.63) is 52.8 Å². The number of nitrogens with one attached hydrogen (secondary N) is 1. The second kappa shape index (κ2) is 8.53. The van der Waals surface area contributed by atoms with Crippen LogP contribution in [0.4, 0.5) is 5.69 Å². The van der Waals surface area contributed by atoms with Crippen LogP contribution in [0.3, 0.4) is 0 Å². The molecular weight excluding hydrogens is 376 g/mol. The lowest BCUT2D eigenvalue weighted by molar-refractivity contribution is -0.117. The first-order chi connectivity index (χ1) is 14.4. The maximum absolute atomic E-state index is 12.5. The van der Waals surface area contributed by atoms with Crippen molar-refractivity contribution in [2.45, 2.75) is 27.3 Å². The zero-order chi connectivity index (χ0) is 21.3. The molecule has 0 atom stereocenters. The molecule has 2 aromatic heterocycles. The van der Waals surface area contributed by atoms with Gasteiger partial charge in [-0.2, -0.15) is 5.10 Å². The first-order valence-corrected chi connectivity index (χ1v) is 10.5. The summed E-state index contributed by atoms with van der Waals surface area (Å²) < 4.78 is 1.83. The Kier molecular flexibility index (Phi) is 5.83. The molecule has 4 rings (SSSR count). The smallest absolute Gasteiger partial charge is 0.238 e. The summed E-state index contributed by atoms with van der Waals surface area (Å²) in [6.45, 7) is 11.1. The maximum atomic E-state index is 12.5. The number of amides is 1. The van der Waals surface area contributed by atoms with Crippen molar-refractivity contribution in [2.75, 3.05) is 38.0 Å². The zero-order valence-electron chi connectivity index (χ0n) is 18.3. The first-order valence-electron chi connectivity index (χ1n) is 10.5.